The van der Waals surface area contributed by atoms with Crippen LogP contribution in [0.2, 0.25) is 0 Å². The van der Waals surface area contributed by atoms with E-state index in [-0.39, 0.29) is 11.3 Å². The Labute approximate surface area is 103 Å². The highest BCUT2D eigenvalue weighted by atomic mass is 32.2. The molecule has 0 amide bonds. The highest BCUT2D eigenvalue weighted by Gasteiger charge is 2.33. The number of rotatable bonds is 6. The second kappa shape index (κ2) is 6.23. The second-order valence-electron chi connectivity index (χ2n) is 4.21. The molecule has 1 aliphatic heterocycles. The molecule has 1 fully saturated rings. The van der Waals surface area contributed by atoms with Crippen LogP contribution in [-0.2, 0) is 14.8 Å². The Hall–Kier alpha value is 0.220. The van der Waals surface area contributed by atoms with Crippen molar-refractivity contribution in [3.8, 4) is 0 Å². The molecule has 1 saturated heterocycles. The van der Waals surface area contributed by atoms with Crippen molar-refractivity contribution in [2.24, 2.45) is 0 Å². The molecule has 0 radical (unpaired) electrons. The van der Waals surface area contributed by atoms with Gasteiger partial charge in [0.25, 0.3) is 0 Å². The van der Waals surface area contributed by atoms with Crippen molar-refractivity contribution in [3.05, 3.63) is 0 Å². The molecule has 0 spiro atoms. The molecule has 0 aliphatic carbocycles. The van der Waals surface area contributed by atoms with E-state index in [9.17, 15) is 8.42 Å². The van der Waals surface area contributed by atoms with Gasteiger partial charge < -0.3 is 4.74 Å². The van der Waals surface area contributed by atoms with Gasteiger partial charge in [0.05, 0.1) is 11.9 Å². The van der Waals surface area contributed by atoms with Crippen molar-refractivity contribution in [2.75, 3.05) is 31.8 Å². The molecule has 0 aromatic carbocycles. The fraction of sp³-hybridized carbons (Fsp3) is 1.00. The van der Waals surface area contributed by atoms with Crippen LogP contribution in [-0.4, -0.2) is 55.8 Å². The number of methoxy groups -OCH3 is 1. The Morgan fingerprint density at radius 2 is 2.19 bits per heavy atom. The van der Waals surface area contributed by atoms with Crippen molar-refractivity contribution in [1.82, 2.24) is 4.31 Å². The van der Waals surface area contributed by atoms with E-state index < -0.39 is 10.0 Å². The standard InChI is InChI=1S/C10H21NO3S2/c1-9(2)16(12,13)11(5-6-14-3)10-4-7-15-8-10/h9-10H,4-8H2,1-3H3. The number of hydrogen-bond acceptors (Lipinski definition) is 4. The molecule has 1 rings (SSSR count). The van der Waals surface area contributed by atoms with Gasteiger partial charge in [-0.05, 0) is 26.0 Å². The van der Waals surface area contributed by atoms with E-state index in [2.05, 4.69) is 0 Å². The summed E-state index contributed by atoms with van der Waals surface area (Å²) >= 11 is 1.82. The molecule has 0 saturated carbocycles. The molecule has 1 heterocycles. The summed E-state index contributed by atoms with van der Waals surface area (Å²) in [5.74, 6) is 1.97. The number of nitrogens with zero attached hydrogens (tertiary/aromatic N) is 1. The lowest BCUT2D eigenvalue weighted by molar-refractivity contribution is 0.169. The van der Waals surface area contributed by atoms with Crippen LogP contribution in [0.3, 0.4) is 0 Å². The first kappa shape index (κ1) is 14.3. The second-order valence-corrected chi connectivity index (χ2v) is 7.81. The maximum atomic E-state index is 12.2. The van der Waals surface area contributed by atoms with Gasteiger partial charge in [0.15, 0.2) is 0 Å². The number of sulfonamides is 1. The van der Waals surface area contributed by atoms with E-state index in [4.69, 9.17) is 4.74 Å². The summed E-state index contributed by atoms with van der Waals surface area (Å²) < 4.78 is 31.0. The van der Waals surface area contributed by atoms with Crippen LogP contribution in [0.1, 0.15) is 20.3 Å². The van der Waals surface area contributed by atoms with Crippen LogP contribution in [0.5, 0.6) is 0 Å². The third-order valence-corrected chi connectivity index (χ3v) is 6.22. The first-order chi connectivity index (χ1) is 7.50. The molecule has 0 bridgehead atoms. The molecule has 0 aromatic heterocycles. The Morgan fingerprint density at radius 1 is 1.50 bits per heavy atom. The average Bonchev–Trinajstić information content (AvgIpc) is 2.71. The normalized spacial score (nSPS) is 22.2. The van der Waals surface area contributed by atoms with Crippen LogP contribution in [0, 0.1) is 0 Å². The molecule has 16 heavy (non-hydrogen) atoms. The lowest BCUT2D eigenvalue weighted by Crippen LogP contribution is -2.45. The predicted octanol–water partition coefficient (Wildman–Crippen LogP) is 1.18. The summed E-state index contributed by atoms with van der Waals surface area (Å²) in [5, 5.41) is -0.352. The van der Waals surface area contributed by atoms with Crippen molar-refractivity contribution in [1.29, 1.82) is 0 Å². The van der Waals surface area contributed by atoms with Crippen LogP contribution in [0.25, 0.3) is 0 Å². The molecule has 0 aromatic rings. The minimum absolute atomic E-state index is 0.160. The number of ether oxygens (including phenoxy) is 1. The molecule has 1 aliphatic rings. The van der Waals surface area contributed by atoms with Crippen molar-refractivity contribution < 1.29 is 13.2 Å². The maximum absolute atomic E-state index is 12.2. The average molecular weight is 267 g/mol. The summed E-state index contributed by atoms with van der Waals surface area (Å²) in [6, 6.07) is 0.160. The van der Waals surface area contributed by atoms with Gasteiger partial charge in [-0.25, -0.2) is 8.42 Å². The molecule has 6 heteroatoms. The summed E-state index contributed by atoms with van der Waals surface area (Å²) in [4.78, 5) is 0. The van der Waals surface area contributed by atoms with Gasteiger partial charge in [-0.3, -0.25) is 0 Å². The fourth-order valence-corrected chi connectivity index (χ4v) is 4.50. The predicted molar refractivity (Wildman–Crippen MR) is 68.4 cm³/mol. The van der Waals surface area contributed by atoms with Gasteiger partial charge in [-0.1, -0.05) is 0 Å². The first-order valence-corrected chi connectivity index (χ1v) is 8.23. The van der Waals surface area contributed by atoms with Gasteiger partial charge in [-0.15, -0.1) is 0 Å². The molecule has 0 N–H and O–H groups in total. The Morgan fingerprint density at radius 3 is 2.62 bits per heavy atom. The lowest BCUT2D eigenvalue weighted by Gasteiger charge is -2.29. The largest absolute Gasteiger partial charge is 0.383 e. The number of thioether (sulfide) groups is 1. The van der Waals surface area contributed by atoms with Crippen molar-refractivity contribution >= 4 is 21.8 Å². The molecule has 1 unspecified atom stereocenters. The van der Waals surface area contributed by atoms with Crippen molar-refractivity contribution in [3.63, 3.8) is 0 Å². The molecule has 4 nitrogen and oxygen atoms in total. The molecule has 96 valence electrons. The SMILES string of the molecule is COCCN(C1CCSC1)S(=O)(=O)C(C)C. The minimum atomic E-state index is -3.15. The Balaban J connectivity index is 2.77. The zero-order chi connectivity index (χ0) is 12.2. The quantitative estimate of drug-likeness (QED) is 0.725. The first-order valence-electron chi connectivity index (χ1n) is 5.57. The summed E-state index contributed by atoms with van der Waals surface area (Å²) in [7, 11) is -1.55. The zero-order valence-corrected chi connectivity index (χ0v) is 11.8. The van der Waals surface area contributed by atoms with Gasteiger partial charge in [0, 0.05) is 25.4 Å². The maximum Gasteiger partial charge on any atom is 0.216 e. The smallest absolute Gasteiger partial charge is 0.216 e. The van der Waals surface area contributed by atoms with Crippen LogP contribution in [0.4, 0.5) is 0 Å². The van der Waals surface area contributed by atoms with E-state index in [1.165, 1.54) is 0 Å². The lowest BCUT2D eigenvalue weighted by atomic mass is 10.3. The van der Waals surface area contributed by atoms with E-state index in [0.29, 0.717) is 13.2 Å². The Bertz CT molecular complexity index is 297. The van der Waals surface area contributed by atoms with E-state index in [0.717, 1.165) is 17.9 Å². The monoisotopic (exact) mass is 267 g/mol. The highest BCUT2D eigenvalue weighted by molar-refractivity contribution is 7.99. The molecular formula is C10H21NO3S2. The van der Waals surface area contributed by atoms with Crippen LogP contribution < -0.4 is 0 Å². The third kappa shape index (κ3) is 3.35. The highest BCUT2D eigenvalue weighted by Crippen LogP contribution is 2.25. The summed E-state index contributed by atoms with van der Waals surface area (Å²) in [6.07, 6.45) is 0.959. The van der Waals surface area contributed by atoms with Crippen molar-refractivity contribution in [2.45, 2.75) is 31.6 Å². The van der Waals surface area contributed by atoms with Gasteiger partial charge in [0.2, 0.25) is 10.0 Å². The topological polar surface area (TPSA) is 46.6 Å². The molecular weight excluding hydrogens is 246 g/mol. The van der Waals surface area contributed by atoms with Crippen LogP contribution in [0.15, 0.2) is 0 Å². The van der Waals surface area contributed by atoms with Gasteiger partial charge in [-0.2, -0.15) is 16.1 Å². The van der Waals surface area contributed by atoms with E-state index >= 15 is 0 Å². The van der Waals surface area contributed by atoms with Gasteiger partial charge in [0.1, 0.15) is 0 Å². The molecule has 1 atom stereocenters. The number of hydrogen-bond donors (Lipinski definition) is 0. The fourth-order valence-electron chi connectivity index (χ4n) is 1.72. The minimum Gasteiger partial charge on any atom is -0.383 e. The van der Waals surface area contributed by atoms with E-state index in [1.54, 1.807) is 25.3 Å². The zero-order valence-electron chi connectivity index (χ0n) is 10.2. The third-order valence-electron chi connectivity index (χ3n) is 2.75. The summed E-state index contributed by atoms with van der Waals surface area (Å²) in [5.41, 5.74) is 0. The van der Waals surface area contributed by atoms with E-state index in [1.807, 2.05) is 11.8 Å². The summed E-state index contributed by atoms with van der Waals surface area (Å²) in [6.45, 7) is 4.41. The van der Waals surface area contributed by atoms with Gasteiger partial charge >= 0.3 is 0 Å². The van der Waals surface area contributed by atoms with Crippen LogP contribution >= 0.6 is 11.8 Å². The Kier molecular flexibility index (Phi) is 5.56.